The first-order chi connectivity index (χ1) is 17.4. The number of rotatable bonds is 4. The number of hydrogen-bond donors (Lipinski definition) is 0. The lowest BCUT2D eigenvalue weighted by Crippen LogP contribution is -2.47. The van der Waals surface area contributed by atoms with Crippen LogP contribution in [-0.4, -0.2) is 54.4 Å². The van der Waals surface area contributed by atoms with Crippen LogP contribution < -0.4 is 9.80 Å². The van der Waals surface area contributed by atoms with E-state index in [1.54, 1.807) is 30.3 Å². The van der Waals surface area contributed by atoms with Gasteiger partial charge in [0.2, 0.25) is 14.9 Å². The molecule has 1 saturated heterocycles. The molecule has 2 aromatic heterocycles. The number of nitrogens with zero attached hydrogens (tertiary/aromatic N) is 6. The van der Waals surface area contributed by atoms with Crippen LogP contribution in [0, 0.1) is 6.92 Å². The Kier molecular flexibility index (Phi) is 5.54. The van der Waals surface area contributed by atoms with E-state index in [9.17, 15) is 8.42 Å². The fraction of sp³-hybridized carbons (Fsp3) is 0.192. The number of para-hydroxylation sites is 1. The Hall–Kier alpha value is -3.69. The SMILES string of the molecule is Cc1ccc(Cl)cc1N1CCN(c2nc3c(S(=O)(=O)c4ccccc4)nnn3c3ccccc23)CC1. The number of fused-ring (bicyclic) bond motifs is 3. The summed E-state index contributed by atoms with van der Waals surface area (Å²) in [5.41, 5.74) is 3.29. The van der Waals surface area contributed by atoms with Crippen molar-refractivity contribution in [1.29, 1.82) is 0 Å². The molecular weight excluding hydrogens is 496 g/mol. The third-order valence-corrected chi connectivity index (χ3v) is 8.50. The molecule has 6 rings (SSSR count). The Balaban J connectivity index is 1.42. The van der Waals surface area contributed by atoms with Crippen LogP contribution in [0.1, 0.15) is 5.56 Å². The number of sulfone groups is 1. The summed E-state index contributed by atoms with van der Waals surface area (Å²) in [6.45, 7) is 5.11. The number of halogens is 1. The Morgan fingerprint density at radius 3 is 2.33 bits per heavy atom. The molecule has 8 nitrogen and oxygen atoms in total. The van der Waals surface area contributed by atoms with E-state index in [4.69, 9.17) is 16.6 Å². The van der Waals surface area contributed by atoms with Crippen LogP contribution in [0.3, 0.4) is 0 Å². The van der Waals surface area contributed by atoms with Gasteiger partial charge in [0.05, 0.1) is 10.4 Å². The minimum absolute atomic E-state index is 0.145. The van der Waals surface area contributed by atoms with Gasteiger partial charge < -0.3 is 9.80 Å². The van der Waals surface area contributed by atoms with Gasteiger partial charge in [-0.3, -0.25) is 0 Å². The summed E-state index contributed by atoms with van der Waals surface area (Å²) in [5, 5.41) is 9.72. The summed E-state index contributed by atoms with van der Waals surface area (Å²) in [6, 6.07) is 22.0. The molecule has 0 saturated carbocycles. The van der Waals surface area contributed by atoms with E-state index in [0.717, 1.165) is 53.6 Å². The molecule has 0 atom stereocenters. The van der Waals surface area contributed by atoms with E-state index < -0.39 is 9.84 Å². The monoisotopic (exact) mass is 518 g/mol. The minimum Gasteiger partial charge on any atom is -0.368 e. The van der Waals surface area contributed by atoms with Crippen molar-refractivity contribution in [3.05, 3.63) is 83.4 Å². The number of piperazine rings is 1. The van der Waals surface area contributed by atoms with E-state index in [1.165, 1.54) is 10.1 Å². The predicted octanol–water partition coefficient (Wildman–Crippen LogP) is 4.40. The average Bonchev–Trinajstić information content (AvgIpc) is 3.35. The van der Waals surface area contributed by atoms with Crippen LogP contribution in [0.2, 0.25) is 5.02 Å². The first kappa shape index (κ1) is 22.8. The molecule has 3 aromatic carbocycles. The zero-order valence-electron chi connectivity index (χ0n) is 19.5. The van der Waals surface area contributed by atoms with Gasteiger partial charge in [0.25, 0.3) is 0 Å². The molecule has 1 aliphatic rings. The largest absolute Gasteiger partial charge is 0.368 e. The fourth-order valence-corrected chi connectivity index (χ4v) is 6.16. The number of aromatic nitrogens is 4. The molecular formula is C26H23ClN6O2S. The van der Waals surface area contributed by atoms with Crippen LogP contribution in [0.25, 0.3) is 16.6 Å². The first-order valence-corrected chi connectivity index (χ1v) is 13.5. The lowest BCUT2D eigenvalue weighted by Gasteiger charge is -2.37. The van der Waals surface area contributed by atoms with Crippen molar-refractivity contribution in [2.75, 3.05) is 36.0 Å². The van der Waals surface area contributed by atoms with E-state index in [2.05, 4.69) is 27.0 Å². The number of benzene rings is 3. The van der Waals surface area contributed by atoms with Crippen LogP contribution in [0.15, 0.2) is 82.7 Å². The molecule has 1 fully saturated rings. The fourth-order valence-electron chi connectivity index (χ4n) is 4.74. The second-order valence-electron chi connectivity index (χ2n) is 8.80. The van der Waals surface area contributed by atoms with Crippen molar-refractivity contribution in [2.45, 2.75) is 16.8 Å². The molecule has 1 aliphatic heterocycles. The van der Waals surface area contributed by atoms with Crippen LogP contribution >= 0.6 is 11.6 Å². The molecule has 0 radical (unpaired) electrons. The first-order valence-electron chi connectivity index (χ1n) is 11.6. The highest BCUT2D eigenvalue weighted by Crippen LogP contribution is 2.31. The van der Waals surface area contributed by atoms with Gasteiger partial charge in [0.15, 0.2) is 5.65 Å². The van der Waals surface area contributed by atoms with Gasteiger partial charge in [0, 0.05) is 42.3 Å². The molecule has 0 N–H and O–H groups in total. The molecule has 182 valence electrons. The van der Waals surface area contributed by atoms with E-state index in [-0.39, 0.29) is 15.6 Å². The van der Waals surface area contributed by atoms with Crippen molar-refractivity contribution in [3.63, 3.8) is 0 Å². The summed E-state index contributed by atoms with van der Waals surface area (Å²) in [6.07, 6.45) is 0. The highest BCUT2D eigenvalue weighted by atomic mass is 35.5. The maximum absolute atomic E-state index is 13.4. The van der Waals surface area contributed by atoms with Gasteiger partial charge >= 0.3 is 0 Å². The zero-order chi connectivity index (χ0) is 24.9. The van der Waals surface area contributed by atoms with Gasteiger partial charge in [-0.25, -0.2) is 13.4 Å². The van der Waals surface area contributed by atoms with E-state index in [0.29, 0.717) is 0 Å². The van der Waals surface area contributed by atoms with Crippen LogP contribution in [0.5, 0.6) is 0 Å². The van der Waals surface area contributed by atoms with Gasteiger partial charge in [-0.05, 0) is 48.9 Å². The smallest absolute Gasteiger partial charge is 0.229 e. The molecule has 36 heavy (non-hydrogen) atoms. The summed E-state index contributed by atoms with van der Waals surface area (Å²) >= 11 is 6.26. The summed E-state index contributed by atoms with van der Waals surface area (Å²) in [4.78, 5) is 9.54. The van der Waals surface area contributed by atoms with E-state index >= 15 is 0 Å². The van der Waals surface area contributed by atoms with Crippen molar-refractivity contribution < 1.29 is 8.42 Å². The van der Waals surface area contributed by atoms with Crippen LogP contribution in [-0.2, 0) is 9.84 Å². The number of anilines is 2. The molecule has 0 bridgehead atoms. The summed E-state index contributed by atoms with van der Waals surface area (Å²) in [7, 11) is -3.89. The van der Waals surface area contributed by atoms with Gasteiger partial charge in [-0.15, -0.1) is 5.10 Å². The van der Waals surface area contributed by atoms with Gasteiger partial charge in [-0.1, -0.05) is 53.2 Å². The zero-order valence-corrected chi connectivity index (χ0v) is 21.1. The molecule has 0 spiro atoms. The predicted molar refractivity (Wildman–Crippen MR) is 141 cm³/mol. The third kappa shape index (κ3) is 3.75. The molecule has 0 aliphatic carbocycles. The standard InChI is InChI=1S/C26H23ClN6O2S/c1-18-11-12-19(27)17-23(18)31-13-15-32(16-14-31)24-21-9-5-6-10-22(21)33-25(28-24)26(29-30-33)36(34,35)20-7-3-2-4-8-20/h2-12,17H,13-16H2,1H3. The second-order valence-corrected chi connectivity index (χ2v) is 11.1. The highest BCUT2D eigenvalue weighted by Gasteiger charge is 2.28. The summed E-state index contributed by atoms with van der Waals surface area (Å²) in [5.74, 6) is 0.729. The Bertz CT molecular complexity index is 1700. The molecule has 10 heteroatoms. The lowest BCUT2D eigenvalue weighted by atomic mass is 10.1. The number of hydrogen-bond acceptors (Lipinski definition) is 7. The quantitative estimate of drug-likeness (QED) is 0.348. The van der Waals surface area contributed by atoms with Gasteiger partial charge in [0.1, 0.15) is 5.82 Å². The normalized spacial score (nSPS) is 14.6. The average molecular weight is 519 g/mol. The van der Waals surface area contributed by atoms with Crippen molar-refractivity contribution in [2.24, 2.45) is 0 Å². The van der Waals surface area contributed by atoms with Crippen molar-refractivity contribution in [1.82, 2.24) is 19.8 Å². The van der Waals surface area contributed by atoms with E-state index in [1.807, 2.05) is 42.5 Å². The topological polar surface area (TPSA) is 83.7 Å². The Morgan fingerprint density at radius 2 is 1.56 bits per heavy atom. The molecule has 5 aromatic rings. The van der Waals surface area contributed by atoms with Gasteiger partial charge in [-0.2, -0.15) is 4.52 Å². The second kappa shape index (κ2) is 8.76. The lowest BCUT2D eigenvalue weighted by molar-refractivity contribution is 0.592. The maximum atomic E-state index is 13.4. The highest BCUT2D eigenvalue weighted by molar-refractivity contribution is 7.91. The van der Waals surface area contributed by atoms with Crippen molar-refractivity contribution in [3.8, 4) is 0 Å². The van der Waals surface area contributed by atoms with Crippen LogP contribution in [0.4, 0.5) is 11.5 Å². The molecule has 0 unspecified atom stereocenters. The Labute approximate surface area is 213 Å². The van der Waals surface area contributed by atoms with Crippen molar-refractivity contribution >= 4 is 49.5 Å². The minimum atomic E-state index is -3.89. The Morgan fingerprint density at radius 1 is 0.861 bits per heavy atom. The molecule has 0 amide bonds. The number of aryl methyl sites for hydroxylation is 1. The summed E-state index contributed by atoms with van der Waals surface area (Å²) < 4.78 is 28.3. The third-order valence-electron chi connectivity index (χ3n) is 6.60. The maximum Gasteiger partial charge on any atom is 0.229 e. The molecule has 3 heterocycles.